The first-order valence-electron chi connectivity index (χ1n) is 12.0. The molecule has 4 aromatic rings. The molecule has 0 radical (unpaired) electrons. The predicted octanol–water partition coefficient (Wildman–Crippen LogP) is 6.01. The number of nitrogen functional groups attached to an aromatic ring is 1. The van der Waals surface area contributed by atoms with E-state index in [-0.39, 0.29) is 12.5 Å². The van der Waals surface area contributed by atoms with Gasteiger partial charge in [0.05, 0.1) is 17.9 Å². The van der Waals surface area contributed by atoms with Gasteiger partial charge in [0.2, 0.25) is 0 Å². The van der Waals surface area contributed by atoms with E-state index in [4.69, 9.17) is 15.5 Å². The van der Waals surface area contributed by atoms with Crippen molar-refractivity contribution in [1.29, 1.82) is 0 Å². The minimum absolute atomic E-state index is 0.271. The summed E-state index contributed by atoms with van der Waals surface area (Å²) in [7, 11) is 0. The minimum Gasteiger partial charge on any atom is -0.462 e. The molecule has 2 aliphatic rings. The minimum atomic E-state index is -0.404. The van der Waals surface area contributed by atoms with Crippen LogP contribution in [0.5, 0.6) is 0 Å². The Bertz CT molecular complexity index is 1500. The highest BCUT2D eigenvalue weighted by atomic mass is 32.1. The largest absolute Gasteiger partial charge is 0.462 e. The van der Waals surface area contributed by atoms with E-state index in [1.54, 1.807) is 6.92 Å². The van der Waals surface area contributed by atoms with E-state index < -0.39 is 5.97 Å². The van der Waals surface area contributed by atoms with Gasteiger partial charge in [-0.1, -0.05) is 24.3 Å². The van der Waals surface area contributed by atoms with Gasteiger partial charge in [-0.05, 0) is 73.8 Å². The van der Waals surface area contributed by atoms with Crippen LogP contribution in [0.15, 0.2) is 30.3 Å². The van der Waals surface area contributed by atoms with Crippen LogP contribution in [0.2, 0.25) is 0 Å². The number of thiophene rings is 2. The Morgan fingerprint density at radius 2 is 1.91 bits per heavy atom. The number of rotatable bonds is 4. The molecule has 6 nitrogen and oxygen atoms in total. The third-order valence-corrected chi connectivity index (χ3v) is 9.12. The number of ether oxygens (including phenoxy) is 1. The van der Waals surface area contributed by atoms with Crippen LogP contribution in [0.25, 0.3) is 20.7 Å². The van der Waals surface area contributed by atoms with E-state index in [0.29, 0.717) is 21.1 Å². The molecular weight excluding hydrogens is 478 g/mol. The molecule has 8 heteroatoms. The van der Waals surface area contributed by atoms with Gasteiger partial charge in [0.25, 0.3) is 5.91 Å². The number of nitrogens with two attached hydrogens (primary N) is 1. The zero-order chi connectivity index (χ0) is 24.1. The van der Waals surface area contributed by atoms with Crippen molar-refractivity contribution in [2.24, 2.45) is 0 Å². The van der Waals surface area contributed by atoms with Crippen molar-refractivity contribution in [3.63, 3.8) is 0 Å². The van der Waals surface area contributed by atoms with Gasteiger partial charge in [-0.3, -0.25) is 4.79 Å². The summed E-state index contributed by atoms with van der Waals surface area (Å²) in [6, 6.07) is 10.3. The molecule has 0 fully saturated rings. The van der Waals surface area contributed by atoms with Crippen LogP contribution >= 0.6 is 22.7 Å². The van der Waals surface area contributed by atoms with Crippen LogP contribution in [0.3, 0.4) is 0 Å². The van der Waals surface area contributed by atoms with Crippen molar-refractivity contribution in [3.8, 4) is 10.4 Å². The average molecular weight is 504 g/mol. The normalized spacial score (nSPS) is 14.2. The van der Waals surface area contributed by atoms with Gasteiger partial charge in [0.1, 0.15) is 14.7 Å². The number of nitrogens with one attached hydrogen (secondary N) is 1. The lowest BCUT2D eigenvalue weighted by Crippen LogP contribution is -2.16. The summed E-state index contributed by atoms with van der Waals surface area (Å²) >= 11 is 2.74. The second-order valence-electron chi connectivity index (χ2n) is 8.94. The number of carbonyl (C=O) groups excluding carboxylic acids is 2. The Kier molecular flexibility index (Phi) is 5.57. The fourth-order valence-corrected chi connectivity index (χ4v) is 7.42. The van der Waals surface area contributed by atoms with Crippen molar-refractivity contribution in [1.82, 2.24) is 4.98 Å². The maximum Gasteiger partial charge on any atom is 0.341 e. The number of nitrogens with zero attached hydrogens (tertiary/aromatic N) is 1. The van der Waals surface area contributed by atoms with Gasteiger partial charge in [0, 0.05) is 16.0 Å². The van der Waals surface area contributed by atoms with Gasteiger partial charge in [-0.2, -0.15) is 0 Å². The molecule has 0 spiro atoms. The number of benzene rings is 1. The highest BCUT2D eigenvalue weighted by molar-refractivity contribution is 7.22. The van der Waals surface area contributed by atoms with E-state index in [1.807, 2.05) is 12.1 Å². The number of esters is 1. The SMILES string of the molecule is CCOC(=O)c1c(NC(=O)c2sc3nc4c(cc3c2N)CCCC4)sc2c1CCc1ccccc1-2. The molecule has 3 aromatic heterocycles. The highest BCUT2D eigenvalue weighted by Gasteiger charge is 2.30. The fourth-order valence-electron chi connectivity index (χ4n) is 5.14. The summed E-state index contributed by atoms with van der Waals surface area (Å²) in [6.45, 7) is 2.06. The van der Waals surface area contributed by atoms with Crippen LogP contribution < -0.4 is 11.1 Å². The number of pyridine rings is 1. The monoisotopic (exact) mass is 503 g/mol. The van der Waals surface area contributed by atoms with E-state index in [0.717, 1.165) is 70.4 Å². The third kappa shape index (κ3) is 3.72. The molecule has 1 aromatic carbocycles. The van der Waals surface area contributed by atoms with E-state index in [2.05, 4.69) is 23.5 Å². The molecule has 1 amide bonds. The Labute approximate surface area is 211 Å². The van der Waals surface area contributed by atoms with Crippen molar-refractivity contribution >= 4 is 55.5 Å². The third-order valence-electron chi connectivity index (χ3n) is 6.83. The second kappa shape index (κ2) is 8.77. The van der Waals surface area contributed by atoms with Crippen LogP contribution in [0.4, 0.5) is 10.7 Å². The van der Waals surface area contributed by atoms with E-state index in [9.17, 15) is 9.59 Å². The van der Waals surface area contributed by atoms with Crippen molar-refractivity contribution in [2.75, 3.05) is 17.7 Å². The van der Waals surface area contributed by atoms with Gasteiger partial charge in [-0.15, -0.1) is 22.7 Å². The number of hydrogen-bond donors (Lipinski definition) is 2. The summed E-state index contributed by atoms with van der Waals surface area (Å²) < 4.78 is 5.38. The van der Waals surface area contributed by atoms with E-state index in [1.165, 1.54) is 33.8 Å². The number of fused-ring (bicyclic) bond motifs is 5. The Hall–Kier alpha value is -3.23. The average Bonchev–Trinajstić information content (AvgIpc) is 3.40. The summed E-state index contributed by atoms with van der Waals surface area (Å²) in [5, 5.41) is 4.36. The number of carbonyl (C=O) groups is 2. The first-order valence-corrected chi connectivity index (χ1v) is 13.6. The number of aromatic nitrogens is 1. The Balaban J connectivity index is 1.40. The standard InChI is InChI=1S/C27H25N3O3S2/c1-2-33-27(32)20-17-12-11-14-7-3-5-9-16(14)22(17)34-26(20)30-24(31)23-21(28)18-13-15-8-4-6-10-19(15)29-25(18)35-23/h3,5,7,9,13H,2,4,6,8,10-12,28H2,1H3,(H,30,31). The maximum absolute atomic E-state index is 13.5. The summed E-state index contributed by atoms with van der Waals surface area (Å²) in [5.41, 5.74) is 13.0. The molecule has 35 heavy (non-hydrogen) atoms. The summed E-state index contributed by atoms with van der Waals surface area (Å²) in [4.78, 5) is 33.5. The lowest BCUT2D eigenvalue weighted by Gasteiger charge is -2.16. The number of amides is 1. The lowest BCUT2D eigenvalue weighted by atomic mass is 9.89. The molecule has 0 saturated heterocycles. The molecule has 0 atom stereocenters. The van der Waals surface area contributed by atoms with Gasteiger partial charge < -0.3 is 15.8 Å². The lowest BCUT2D eigenvalue weighted by molar-refractivity contribution is 0.0527. The number of aryl methyl sites for hydroxylation is 3. The first kappa shape index (κ1) is 22.2. The molecule has 3 N–H and O–H groups in total. The smallest absolute Gasteiger partial charge is 0.341 e. The molecule has 0 unspecified atom stereocenters. The van der Waals surface area contributed by atoms with Crippen molar-refractivity contribution < 1.29 is 14.3 Å². The highest BCUT2D eigenvalue weighted by Crippen LogP contribution is 2.46. The molecule has 3 heterocycles. The van der Waals surface area contributed by atoms with Crippen LogP contribution in [-0.4, -0.2) is 23.5 Å². The number of hydrogen-bond acceptors (Lipinski definition) is 7. The quantitative estimate of drug-likeness (QED) is 0.333. The van der Waals surface area contributed by atoms with Crippen molar-refractivity contribution in [2.45, 2.75) is 45.4 Å². The molecular formula is C27H25N3O3S2. The molecule has 0 bridgehead atoms. The van der Waals surface area contributed by atoms with Gasteiger partial charge in [-0.25, -0.2) is 9.78 Å². The zero-order valence-corrected chi connectivity index (χ0v) is 21.0. The van der Waals surface area contributed by atoms with Crippen molar-refractivity contribution in [3.05, 3.63) is 63.2 Å². The van der Waals surface area contributed by atoms with Gasteiger partial charge in [0.15, 0.2) is 0 Å². The van der Waals surface area contributed by atoms with Crippen LogP contribution in [0, 0.1) is 0 Å². The summed E-state index contributed by atoms with van der Waals surface area (Å²) in [6.07, 6.45) is 5.84. The number of anilines is 2. The van der Waals surface area contributed by atoms with Crippen LogP contribution in [0.1, 0.15) is 62.2 Å². The molecule has 6 rings (SSSR count). The Morgan fingerprint density at radius 1 is 1.09 bits per heavy atom. The molecule has 0 aliphatic heterocycles. The topological polar surface area (TPSA) is 94.3 Å². The Morgan fingerprint density at radius 3 is 2.77 bits per heavy atom. The zero-order valence-electron chi connectivity index (χ0n) is 19.4. The molecule has 0 saturated carbocycles. The predicted molar refractivity (Wildman–Crippen MR) is 142 cm³/mol. The maximum atomic E-state index is 13.5. The fraction of sp³-hybridized carbons (Fsp3) is 0.296. The summed E-state index contributed by atoms with van der Waals surface area (Å²) in [5.74, 6) is -0.723. The molecule has 2 aliphatic carbocycles. The molecule has 178 valence electrons. The first-order chi connectivity index (χ1) is 17.0. The van der Waals surface area contributed by atoms with Crippen LogP contribution in [-0.2, 0) is 30.4 Å². The second-order valence-corrected chi connectivity index (χ2v) is 11.0. The van der Waals surface area contributed by atoms with E-state index >= 15 is 0 Å². The van der Waals surface area contributed by atoms with Gasteiger partial charge >= 0.3 is 5.97 Å².